The molecule has 0 aliphatic heterocycles. The van der Waals surface area contributed by atoms with Crippen molar-refractivity contribution in [3.8, 4) is 0 Å². The van der Waals surface area contributed by atoms with E-state index in [9.17, 15) is 5.11 Å². The molecule has 0 bridgehead atoms. The molecule has 76 valence electrons. The summed E-state index contributed by atoms with van der Waals surface area (Å²) in [6.45, 7) is 11.2. The molecule has 0 saturated carbocycles. The predicted octanol–water partition coefficient (Wildman–Crippen LogP) is 1.85. The first kappa shape index (κ1) is 12.4. The van der Waals surface area contributed by atoms with Crippen LogP contribution in [0.15, 0.2) is 25.3 Å². The maximum atomic E-state index is 10.2. The van der Waals surface area contributed by atoms with Gasteiger partial charge in [0.25, 0.3) is 0 Å². The van der Waals surface area contributed by atoms with Crippen LogP contribution in [-0.2, 0) is 0 Å². The van der Waals surface area contributed by atoms with Crippen molar-refractivity contribution >= 4 is 0 Å². The molecule has 0 aliphatic carbocycles. The van der Waals surface area contributed by atoms with Crippen molar-refractivity contribution in [2.75, 3.05) is 0 Å². The standard InChI is InChI=1S/C11H21NO/c1-5-7-11(13,8-6-2)10(12)9(3)4/h5-6,9-10,13H,1-2,7-8,12H2,3-4H3/t10-/m0/s1. The number of aliphatic hydroxyl groups is 1. The molecule has 0 unspecified atom stereocenters. The Balaban J connectivity index is 4.54. The molecule has 0 aromatic rings. The van der Waals surface area contributed by atoms with E-state index < -0.39 is 5.60 Å². The maximum absolute atomic E-state index is 10.2. The molecule has 0 aliphatic rings. The molecule has 13 heavy (non-hydrogen) atoms. The Labute approximate surface area is 81.1 Å². The molecule has 0 rings (SSSR count). The van der Waals surface area contributed by atoms with E-state index in [1.54, 1.807) is 12.2 Å². The van der Waals surface area contributed by atoms with Crippen LogP contribution < -0.4 is 5.73 Å². The fourth-order valence-electron chi connectivity index (χ4n) is 1.48. The summed E-state index contributed by atoms with van der Waals surface area (Å²) in [4.78, 5) is 0. The van der Waals surface area contributed by atoms with Crippen LogP contribution in [0.5, 0.6) is 0 Å². The average molecular weight is 183 g/mol. The first-order valence-electron chi connectivity index (χ1n) is 4.67. The Hall–Kier alpha value is -0.600. The highest BCUT2D eigenvalue weighted by molar-refractivity contribution is 4.99. The molecule has 0 saturated heterocycles. The van der Waals surface area contributed by atoms with Crippen LogP contribution in [0.1, 0.15) is 26.7 Å². The second-order valence-corrected chi connectivity index (χ2v) is 3.86. The van der Waals surface area contributed by atoms with Crippen molar-refractivity contribution in [2.45, 2.75) is 38.3 Å². The lowest BCUT2D eigenvalue weighted by Crippen LogP contribution is -2.50. The van der Waals surface area contributed by atoms with Gasteiger partial charge in [-0.1, -0.05) is 26.0 Å². The number of nitrogens with two attached hydrogens (primary N) is 1. The summed E-state index contributed by atoms with van der Waals surface area (Å²) in [7, 11) is 0. The second-order valence-electron chi connectivity index (χ2n) is 3.86. The first-order valence-corrected chi connectivity index (χ1v) is 4.67. The van der Waals surface area contributed by atoms with Crippen molar-refractivity contribution in [3.63, 3.8) is 0 Å². The third kappa shape index (κ3) is 3.33. The monoisotopic (exact) mass is 183 g/mol. The van der Waals surface area contributed by atoms with E-state index >= 15 is 0 Å². The van der Waals surface area contributed by atoms with E-state index in [-0.39, 0.29) is 12.0 Å². The number of hydrogen-bond acceptors (Lipinski definition) is 2. The van der Waals surface area contributed by atoms with Crippen LogP contribution in [0, 0.1) is 5.92 Å². The summed E-state index contributed by atoms with van der Waals surface area (Å²) in [5.74, 6) is 0.255. The summed E-state index contributed by atoms with van der Waals surface area (Å²) >= 11 is 0. The van der Waals surface area contributed by atoms with Crippen LogP contribution in [-0.4, -0.2) is 16.7 Å². The summed E-state index contributed by atoms with van der Waals surface area (Å²) in [5.41, 5.74) is 5.04. The maximum Gasteiger partial charge on any atom is 0.0868 e. The molecule has 0 spiro atoms. The van der Waals surface area contributed by atoms with Gasteiger partial charge in [0, 0.05) is 6.04 Å². The van der Waals surface area contributed by atoms with Gasteiger partial charge in [-0.3, -0.25) is 0 Å². The van der Waals surface area contributed by atoms with Gasteiger partial charge in [-0.2, -0.15) is 0 Å². The zero-order valence-corrected chi connectivity index (χ0v) is 8.66. The largest absolute Gasteiger partial charge is 0.388 e. The highest BCUT2D eigenvalue weighted by atomic mass is 16.3. The molecule has 2 nitrogen and oxygen atoms in total. The van der Waals surface area contributed by atoms with Gasteiger partial charge in [-0.15, -0.1) is 13.2 Å². The van der Waals surface area contributed by atoms with Crippen LogP contribution in [0.2, 0.25) is 0 Å². The lowest BCUT2D eigenvalue weighted by atomic mass is 9.82. The highest BCUT2D eigenvalue weighted by Crippen LogP contribution is 2.24. The summed E-state index contributed by atoms with van der Waals surface area (Å²) in [6.07, 6.45) is 4.42. The molecular weight excluding hydrogens is 162 g/mol. The van der Waals surface area contributed by atoms with Crippen LogP contribution in [0.4, 0.5) is 0 Å². The molecule has 0 aromatic carbocycles. The van der Waals surface area contributed by atoms with E-state index in [4.69, 9.17) is 5.73 Å². The third-order valence-electron chi connectivity index (χ3n) is 2.33. The van der Waals surface area contributed by atoms with Crippen LogP contribution >= 0.6 is 0 Å². The third-order valence-corrected chi connectivity index (χ3v) is 2.33. The van der Waals surface area contributed by atoms with E-state index in [1.807, 2.05) is 13.8 Å². The molecule has 3 N–H and O–H groups in total. The van der Waals surface area contributed by atoms with Gasteiger partial charge in [0.1, 0.15) is 0 Å². The molecule has 1 atom stereocenters. The first-order chi connectivity index (χ1) is 5.98. The van der Waals surface area contributed by atoms with Gasteiger partial charge >= 0.3 is 0 Å². The zero-order valence-electron chi connectivity index (χ0n) is 8.66. The number of rotatable bonds is 6. The normalized spacial score (nSPS) is 14.2. The van der Waals surface area contributed by atoms with Crippen molar-refractivity contribution in [1.29, 1.82) is 0 Å². The predicted molar refractivity (Wildman–Crippen MR) is 57.4 cm³/mol. The van der Waals surface area contributed by atoms with Crippen molar-refractivity contribution in [2.24, 2.45) is 11.7 Å². The smallest absolute Gasteiger partial charge is 0.0868 e. The minimum absolute atomic E-state index is 0.233. The summed E-state index contributed by atoms with van der Waals surface area (Å²) in [5, 5.41) is 10.2. The zero-order chi connectivity index (χ0) is 10.5. The van der Waals surface area contributed by atoms with Crippen LogP contribution in [0.25, 0.3) is 0 Å². The Morgan fingerprint density at radius 2 is 1.69 bits per heavy atom. The fourth-order valence-corrected chi connectivity index (χ4v) is 1.48. The molecule has 0 radical (unpaired) electrons. The Morgan fingerprint density at radius 3 is 1.92 bits per heavy atom. The van der Waals surface area contributed by atoms with Gasteiger partial charge in [-0.05, 0) is 18.8 Å². The molecule has 0 aromatic heterocycles. The van der Waals surface area contributed by atoms with Gasteiger partial charge in [0.2, 0.25) is 0 Å². The van der Waals surface area contributed by atoms with Gasteiger partial charge in [0.15, 0.2) is 0 Å². The molecule has 2 heteroatoms. The number of hydrogen-bond donors (Lipinski definition) is 2. The molecule has 0 heterocycles. The lowest BCUT2D eigenvalue weighted by molar-refractivity contribution is 0.00532. The minimum atomic E-state index is -0.877. The van der Waals surface area contributed by atoms with Crippen LogP contribution in [0.3, 0.4) is 0 Å². The van der Waals surface area contributed by atoms with E-state index in [2.05, 4.69) is 13.2 Å². The van der Waals surface area contributed by atoms with E-state index in [1.165, 1.54) is 0 Å². The van der Waals surface area contributed by atoms with Gasteiger partial charge < -0.3 is 10.8 Å². The lowest BCUT2D eigenvalue weighted by Gasteiger charge is -2.34. The Bertz CT molecular complexity index is 165. The van der Waals surface area contributed by atoms with Gasteiger partial charge in [0.05, 0.1) is 5.60 Å². The Kier molecular flexibility index (Phi) is 4.96. The summed E-state index contributed by atoms with van der Waals surface area (Å²) < 4.78 is 0. The average Bonchev–Trinajstić information content (AvgIpc) is 2.03. The molecular formula is C11H21NO. The van der Waals surface area contributed by atoms with E-state index in [0.717, 1.165) is 0 Å². The molecule has 0 fully saturated rings. The quantitative estimate of drug-likeness (QED) is 0.617. The molecule has 0 amide bonds. The van der Waals surface area contributed by atoms with Crippen molar-refractivity contribution in [3.05, 3.63) is 25.3 Å². The van der Waals surface area contributed by atoms with Gasteiger partial charge in [-0.25, -0.2) is 0 Å². The fraction of sp³-hybridized carbons (Fsp3) is 0.636. The second kappa shape index (κ2) is 5.20. The SMILES string of the molecule is C=CCC(O)(CC=C)[C@@H](N)C(C)C. The van der Waals surface area contributed by atoms with E-state index in [0.29, 0.717) is 12.8 Å². The highest BCUT2D eigenvalue weighted by Gasteiger charge is 2.33. The van der Waals surface area contributed by atoms with Crippen molar-refractivity contribution < 1.29 is 5.11 Å². The Morgan fingerprint density at radius 1 is 1.31 bits per heavy atom. The minimum Gasteiger partial charge on any atom is -0.388 e. The van der Waals surface area contributed by atoms with Crippen molar-refractivity contribution in [1.82, 2.24) is 0 Å². The summed E-state index contributed by atoms with van der Waals surface area (Å²) in [6, 6.07) is -0.233. The topological polar surface area (TPSA) is 46.2 Å².